The van der Waals surface area contributed by atoms with Crippen LogP contribution in [0, 0.1) is 6.92 Å². The van der Waals surface area contributed by atoms with E-state index in [0.717, 1.165) is 25.0 Å². The normalized spacial score (nSPS) is 20.4. The lowest BCUT2D eigenvalue weighted by Gasteiger charge is -2.11. The van der Waals surface area contributed by atoms with Crippen LogP contribution in [0.15, 0.2) is 52.9 Å². The maximum Gasteiger partial charge on any atom is 0.266 e. The minimum Gasteiger partial charge on any atom is -0.416 e. The molecular formula is C19H19N3O2. The summed E-state index contributed by atoms with van der Waals surface area (Å²) in [5.41, 5.74) is 2.92. The van der Waals surface area contributed by atoms with Crippen LogP contribution >= 0.6 is 0 Å². The zero-order chi connectivity index (χ0) is 16.4. The summed E-state index contributed by atoms with van der Waals surface area (Å²) < 4.78 is 11.9. The maximum atomic E-state index is 6.11. The van der Waals surface area contributed by atoms with Crippen LogP contribution < -0.4 is 0 Å². The van der Waals surface area contributed by atoms with Gasteiger partial charge in [0.05, 0.1) is 6.10 Å². The zero-order valence-corrected chi connectivity index (χ0v) is 13.6. The molecule has 1 fully saturated rings. The number of rotatable bonds is 4. The van der Waals surface area contributed by atoms with Gasteiger partial charge in [-0.3, -0.25) is 0 Å². The molecule has 24 heavy (non-hydrogen) atoms. The Bertz CT molecular complexity index is 816. The standard InChI is InChI=1S/C19H19N3O2/c1-13-6-5-9-16(20-13)18-21-22-19(24-18)17-11-10-15(23-17)12-14-7-3-2-4-8-14/h2-9,15,17H,10-12H2,1H3/t15-,17+/m1/s1. The molecule has 0 aliphatic carbocycles. The Labute approximate surface area is 140 Å². The van der Waals surface area contributed by atoms with Gasteiger partial charge in [-0.1, -0.05) is 36.4 Å². The molecule has 1 aliphatic heterocycles. The lowest BCUT2D eigenvalue weighted by Crippen LogP contribution is -2.10. The lowest BCUT2D eigenvalue weighted by atomic mass is 10.1. The first-order valence-corrected chi connectivity index (χ1v) is 8.25. The van der Waals surface area contributed by atoms with Gasteiger partial charge >= 0.3 is 0 Å². The Balaban J connectivity index is 1.44. The number of aryl methyl sites for hydroxylation is 1. The van der Waals surface area contributed by atoms with E-state index in [1.54, 1.807) is 0 Å². The number of nitrogens with zero attached hydrogens (tertiary/aromatic N) is 3. The van der Waals surface area contributed by atoms with Crippen molar-refractivity contribution in [1.29, 1.82) is 0 Å². The average Bonchev–Trinajstić information content (AvgIpc) is 3.25. The quantitative estimate of drug-likeness (QED) is 0.729. The Morgan fingerprint density at radius 2 is 1.88 bits per heavy atom. The van der Waals surface area contributed by atoms with Crippen LogP contribution in [0.1, 0.15) is 36.1 Å². The topological polar surface area (TPSA) is 61.0 Å². The molecule has 0 saturated carbocycles. The fourth-order valence-electron chi connectivity index (χ4n) is 3.04. The Kier molecular flexibility index (Phi) is 4.09. The number of benzene rings is 1. The van der Waals surface area contributed by atoms with E-state index in [1.807, 2.05) is 31.2 Å². The minimum absolute atomic E-state index is 0.121. The van der Waals surface area contributed by atoms with Crippen molar-refractivity contribution in [2.75, 3.05) is 0 Å². The van der Waals surface area contributed by atoms with Gasteiger partial charge in [-0.2, -0.15) is 0 Å². The van der Waals surface area contributed by atoms with Gasteiger partial charge in [-0.15, -0.1) is 10.2 Å². The second kappa shape index (κ2) is 6.53. The van der Waals surface area contributed by atoms with Crippen LogP contribution in [0.2, 0.25) is 0 Å². The number of hydrogen-bond acceptors (Lipinski definition) is 5. The highest BCUT2D eigenvalue weighted by atomic mass is 16.5. The van der Waals surface area contributed by atoms with Gasteiger partial charge in [0.1, 0.15) is 11.8 Å². The molecule has 5 nitrogen and oxygen atoms in total. The van der Waals surface area contributed by atoms with Crippen molar-refractivity contribution in [2.24, 2.45) is 0 Å². The van der Waals surface area contributed by atoms with Crippen molar-refractivity contribution in [3.8, 4) is 11.6 Å². The molecule has 3 heterocycles. The second-order valence-electron chi connectivity index (χ2n) is 6.12. The first-order valence-electron chi connectivity index (χ1n) is 8.25. The Hall–Kier alpha value is -2.53. The van der Waals surface area contributed by atoms with Crippen LogP contribution in [-0.4, -0.2) is 21.3 Å². The summed E-state index contributed by atoms with van der Waals surface area (Å²) in [6.45, 7) is 1.94. The summed E-state index contributed by atoms with van der Waals surface area (Å²) in [6, 6.07) is 16.1. The van der Waals surface area contributed by atoms with Crippen molar-refractivity contribution < 1.29 is 9.15 Å². The predicted octanol–water partition coefficient (Wildman–Crippen LogP) is 3.90. The third-order valence-corrected chi connectivity index (χ3v) is 4.24. The van der Waals surface area contributed by atoms with Crippen molar-refractivity contribution in [3.05, 3.63) is 65.7 Å². The molecular weight excluding hydrogens is 302 g/mol. The van der Waals surface area contributed by atoms with Crippen LogP contribution in [0.3, 0.4) is 0 Å². The van der Waals surface area contributed by atoms with Crippen LogP contribution in [-0.2, 0) is 11.2 Å². The van der Waals surface area contributed by atoms with E-state index >= 15 is 0 Å². The number of hydrogen-bond donors (Lipinski definition) is 0. The molecule has 0 amide bonds. The third kappa shape index (κ3) is 3.21. The molecule has 1 saturated heterocycles. The largest absolute Gasteiger partial charge is 0.416 e. The summed E-state index contributed by atoms with van der Waals surface area (Å²) >= 11 is 0. The molecule has 0 bridgehead atoms. The van der Waals surface area contributed by atoms with Crippen molar-refractivity contribution in [1.82, 2.24) is 15.2 Å². The SMILES string of the molecule is Cc1cccc(-c2nnc([C@@H]3CC[C@H](Cc4ccccc4)O3)o2)n1. The number of pyridine rings is 1. The van der Waals surface area contributed by atoms with Crippen LogP contribution in [0.5, 0.6) is 0 Å². The van der Waals surface area contributed by atoms with Crippen LogP contribution in [0.4, 0.5) is 0 Å². The number of ether oxygens (including phenoxy) is 1. The summed E-state index contributed by atoms with van der Waals surface area (Å²) in [7, 11) is 0. The van der Waals surface area contributed by atoms with Gasteiger partial charge in [0.2, 0.25) is 5.89 Å². The highest BCUT2D eigenvalue weighted by Crippen LogP contribution is 2.34. The van der Waals surface area contributed by atoms with E-state index in [4.69, 9.17) is 9.15 Å². The van der Waals surface area contributed by atoms with E-state index < -0.39 is 0 Å². The summed E-state index contributed by atoms with van der Waals surface area (Å²) in [5.74, 6) is 0.993. The monoisotopic (exact) mass is 321 g/mol. The smallest absolute Gasteiger partial charge is 0.266 e. The first kappa shape index (κ1) is 15.0. The molecule has 5 heteroatoms. The molecule has 1 aromatic carbocycles. The zero-order valence-electron chi connectivity index (χ0n) is 13.6. The van der Waals surface area contributed by atoms with Crippen LogP contribution in [0.25, 0.3) is 11.6 Å². The predicted molar refractivity (Wildman–Crippen MR) is 89.3 cm³/mol. The Morgan fingerprint density at radius 3 is 2.71 bits per heavy atom. The van der Waals surface area contributed by atoms with E-state index in [2.05, 4.69) is 39.4 Å². The summed E-state index contributed by atoms with van der Waals surface area (Å²) in [5, 5.41) is 8.29. The van der Waals surface area contributed by atoms with Gasteiger partial charge in [-0.05, 0) is 43.9 Å². The highest BCUT2D eigenvalue weighted by molar-refractivity contribution is 5.46. The molecule has 1 aliphatic rings. The van der Waals surface area contributed by atoms with Gasteiger partial charge < -0.3 is 9.15 Å². The Morgan fingerprint density at radius 1 is 1.00 bits per heavy atom. The second-order valence-corrected chi connectivity index (χ2v) is 6.12. The van der Waals surface area contributed by atoms with Gasteiger partial charge in [0.15, 0.2) is 0 Å². The molecule has 2 atom stereocenters. The molecule has 0 radical (unpaired) electrons. The first-order chi connectivity index (χ1) is 11.8. The van der Waals surface area contributed by atoms with Gasteiger partial charge in [0, 0.05) is 5.69 Å². The molecule has 2 aromatic heterocycles. The molecule has 3 aromatic rings. The van der Waals surface area contributed by atoms with E-state index in [0.29, 0.717) is 17.5 Å². The number of aromatic nitrogens is 3. The fourth-order valence-corrected chi connectivity index (χ4v) is 3.04. The highest BCUT2D eigenvalue weighted by Gasteiger charge is 2.30. The molecule has 4 rings (SSSR count). The van der Waals surface area contributed by atoms with E-state index in [9.17, 15) is 0 Å². The molecule has 0 N–H and O–H groups in total. The van der Waals surface area contributed by atoms with Crippen molar-refractivity contribution >= 4 is 0 Å². The van der Waals surface area contributed by atoms with Crippen molar-refractivity contribution in [3.63, 3.8) is 0 Å². The van der Waals surface area contributed by atoms with Gasteiger partial charge in [0.25, 0.3) is 5.89 Å². The fraction of sp³-hybridized carbons (Fsp3) is 0.316. The average molecular weight is 321 g/mol. The summed E-state index contributed by atoms with van der Waals surface area (Å²) in [4.78, 5) is 4.42. The summed E-state index contributed by atoms with van der Waals surface area (Å²) in [6.07, 6.45) is 2.90. The molecule has 0 unspecified atom stereocenters. The van der Waals surface area contributed by atoms with Crippen molar-refractivity contribution in [2.45, 2.75) is 38.4 Å². The maximum absolute atomic E-state index is 6.11. The lowest BCUT2D eigenvalue weighted by molar-refractivity contribution is 0.0300. The van der Waals surface area contributed by atoms with E-state index in [-0.39, 0.29) is 12.2 Å². The molecule has 0 spiro atoms. The third-order valence-electron chi connectivity index (χ3n) is 4.24. The van der Waals surface area contributed by atoms with E-state index in [1.165, 1.54) is 5.56 Å². The minimum atomic E-state index is -0.121. The molecule has 122 valence electrons. The van der Waals surface area contributed by atoms with Gasteiger partial charge in [-0.25, -0.2) is 4.98 Å².